The van der Waals surface area contributed by atoms with Crippen LogP contribution in [0.15, 0.2) is 72.9 Å². The van der Waals surface area contributed by atoms with E-state index in [1.807, 2.05) is 6.92 Å². The van der Waals surface area contributed by atoms with E-state index in [0.717, 1.165) is 5.56 Å². The molecule has 0 radical (unpaired) electrons. The van der Waals surface area contributed by atoms with Crippen LogP contribution in [0.3, 0.4) is 0 Å². The van der Waals surface area contributed by atoms with Crippen LogP contribution >= 0.6 is 11.6 Å². The molecule has 184 valence electrons. The summed E-state index contributed by atoms with van der Waals surface area (Å²) in [6.07, 6.45) is 1.59. The highest BCUT2D eigenvalue weighted by Crippen LogP contribution is 2.31. The number of nitrogens with one attached hydrogen (secondary N) is 1. The van der Waals surface area contributed by atoms with E-state index in [1.165, 1.54) is 28.9 Å². The number of nitro groups is 1. The summed E-state index contributed by atoms with van der Waals surface area (Å²) in [5, 5.41) is 18.8. The van der Waals surface area contributed by atoms with Gasteiger partial charge in [0.2, 0.25) is 0 Å². The zero-order chi connectivity index (χ0) is 25.7. The number of amides is 1. The number of hydrogen-bond acceptors (Lipinski definition) is 7. The van der Waals surface area contributed by atoms with Gasteiger partial charge in [-0.1, -0.05) is 11.6 Å². The second kappa shape index (κ2) is 10.8. The average molecular weight is 509 g/mol. The summed E-state index contributed by atoms with van der Waals surface area (Å²) in [6.45, 7) is 1.89. The number of benzene rings is 3. The third-order valence-electron chi connectivity index (χ3n) is 5.02. The van der Waals surface area contributed by atoms with E-state index in [0.29, 0.717) is 22.3 Å². The van der Waals surface area contributed by atoms with E-state index in [2.05, 4.69) is 10.4 Å². The number of halogens is 1. The molecule has 11 heteroatoms. The van der Waals surface area contributed by atoms with E-state index in [9.17, 15) is 14.9 Å². The summed E-state index contributed by atoms with van der Waals surface area (Å²) >= 11 is 6.04. The Kier molecular flexibility index (Phi) is 7.36. The summed E-state index contributed by atoms with van der Waals surface area (Å²) in [4.78, 5) is 23.6. The Morgan fingerprint density at radius 1 is 1.03 bits per heavy atom. The number of methoxy groups -OCH3 is 1. The van der Waals surface area contributed by atoms with Crippen molar-refractivity contribution < 1.29 is 23.9 Å². The van der Waals surface area contributed by atoms with Crippen molar-refractivity contribution in [2.24, 2.45) is 0 Å². The summed E-state index contributed by atoms with van der Waals surface area (Å²) in [7, 11) is 1.58. The Balaban J connectivity index is 1.45. The quantitative estimate of drug-likeness (QED) is 0.223. The molecule has 1 aromatic heterocycles. The van der Waals surface area contributed by atoms with E-state index >= 15 is 0 Å². The van der Waals surface area contributed by atoms with Crippen LogP contribution in [0.2, 0.25) is 5.02 Å². The maximum absolute atomic E-state index is 12.7. The molecule has 10 nitrogen and oxygen atoms in total. The number of ether oxygens (including phenoxy) is 3. The van der Waals surface area contributed by atoms with Crippen molar-refractivity contribution in [1.82, 2.24) is 9.78 Å². The van der Waals surface area contributed by atoms with E-state index in [4.69, 9.17) is 25.8 Å². The van der Waals surface area contributed by atoms with Crippen molar-refractivity contribution in [3.05, 3.63) is 99.3 Å². The van der Waals surface area contributed by atoms with Gasteiger partial charge in [0, 0.05) is 23.4 Å². The Morgan fingerprint density at radius 2 is 1.75 bits per heavy atom. The van der Waals surface area contributed by atoms with Crippen molar-refractivity contribution in [2.45, 2.75) is 13.7 Å². The number of anilines is 1. The largest absolute Gasteiger partial charge is 0.497 e. The first-order valence-electron chi connectivity index (χ1n) is 10.7. The lowest BCUT2D eigenvalue weighted by Gasteiger charge is -2.10. The monoisotopic (exact) mass is 508 g/mol. The summed E-state index contributed by atoms with van der Waals surface area (Å²) in [5.41, 5.74) is 0.834. The topological polar surface area (TPSA) is 118 Å². The normalized spacial score (nSPS) is 10.5. The summed E-state index contributed by atoms with van der Waals surface area (Å²) < 4.78 is 18.0. The number of carbonyl (C=O) groups excluding carboxylic acids is 1. The van der Waals surface area contributed by atoms with Gasteiger partial charge in [0.25, 0.3) is 11.6 Å². The standard InChI is InChI=1S/C25H21ClN4O6/c1-16-11-21(7-8-23(16)26)36-22-13-17(12-18(14-22)30(32)33)27-25(31)24-9-10-29(28-24)15-35-20-5-3-19(34-2)4-6-20/h3-14H,15H2,1-2H3,(H,27,31). The molecule has 0 saturated carbocycles. The number of carbonyl (C=O) groups is 1. The summed E-state index contributed by atoms with van der Waals surface area (Å²) in [5.74, 6) is 1.40. The van der Waals surface area contributed by atoms with Gasteiger partial charge < -0.3 is 19.5 Å². The van der Waals surface area contributed by atoms with Crippen LogP contribution in [0.25, 0.3) is 0 Å². The smallest absolute Gasteiger partial charge is 0.276 e. The van der Waals surface area contributed by atoms with Gasteiger partial charge in [-0.15, -0.1) is 0 Å². The fourth-order valence-corrected chi connectivity index (χ4v) is 3.32. The van der Waals surface area contributed by atoms with E-state index in [1.54, 1.807) is 55.8 Å². The average Bonchev–Trinajstić information content (AvgIpc) is 3.34. The fraction of sp³-hybridized carbons (Fsp3) is 0.120. The van der Waals surface area contributed by atoms with Crippen LogP contribution in [0.1, 0.15) is 16.1 Å². The Morgan fingerprint density at radius 3 is 2.44 bits per heavy atom. The SMILES string of the molecule is COc1ccc(OCn2ccc(C(=O)Nc3cc(Oc4ccc(Cl)c(C)c4)cc([N+](=O)[O-])c3)n2)cc1. The minimum Gasteiger partial charge on any atom is -0.497 e. The van der Waals surface area contributed by atoms with E-state index < -0.39 is 10.8 Å². The molecule has 0 fully saturated rings. The molecule has 1 N–H and O–H groups in total. The molecule has 0 unspecified atom stereocenters. The molecule has 0 aliphatic rings. The zero-order valence-corrected chi connectivity index (χ0v) is 20.1. The molecule has 0 bridgehead atoms. The Bertz CT molecular complexity index is 1400. The van der Waals surface area contributed by atoms with Gasteiger partial charge in [0.1, 0.15) is 23.0 Å². The second-order valence-corrected chi connectivity index (χ2v) is 8.04. The number of nitrogens with zero attached hydrogens (tertiary/aromatic N) is 3. The lowest BCUT2D eigenvalue weighted by atomic mass is 10.2. The molecule has 36 heavy (non-hydrogen) atoms. The highest BCUT2D eigenvalue weighted by molar-refractivity contribution is 6.31. The first-order valence-corrected chi connectivity index (χ1v) is 11.0. The molecule has 4 aromatic rings. The van der Waals surface area contributed by atoms with Crippen molar-refractivity contribution >= 4 is 28.9 Å². The van der Waals surface area contributed by atoms with Crippen molar-refractivity contribution in [1.29, 1.82) is 0 Å². The van der Waals surface area contributed by atoms with Gasteiger partial charge in [-0.3, -0.25) is 14.9 Å². The van der Waals surface area contributed by atoms with Crippen molar-refractivity contribution in [3.8, 4) is 23.0 Å². The lowest BCUT2D eigenvalue weighted by Crippen LogP contribution is -2.14. The highest BCUT2D eigenvalue weighted by Gasteiger charge is 2.16. The molecular weight excluding hydrogens is 488 g/mol. The molecule has 0 saturated heterocycles. The molecule has 1 heterocycles. The van der Waals surface area contributed by atoms with Crippen LogP contribution in [0.5, 0.6) is 23.0 Å². The number of aromatic nitrogens is 2. The summed E-state index contributed by atoms with van der Waals surface area (Å²) in [6, 6.07) is 17.6. The van der Waals surface area contributed by atoms with Gasteiger partial charge in [0.15, 0.2) is 12.4 Å². The molecule has 0 spiro atoms. The number of non-ortho nitro benzene ring substituents is 1. The van der Waals surface area contributed by atoms with Gasteiger partial charge in [-0.05, 0) is 61.0 Å². The number of hydrogen-bond donors (Lipinski definition) is 1. The maximum Gasteiger partial charge on any atom is 0.276 e. The molecule has 0 aliphatic heterocycles. The predicted octanol–water partition coefficient (Wildman–Crippen LogP) is 5.84. The third kappa shape index (κ3) is 6.10. The van der Waals surface area contributed by atoms with Crippen molar-refractivity contribution in [3.63, 3.8) is 0 Å². The fourth-order valence-electron chi connectivity index (χ4n) is 3.20. The molecule has 3 aromatic carbocycles. The molecule has 0 aliphatic carbocycles. The molecule has 0 atom stereocenters. The minimum atomic E-state index is -0.569. The highest BCUT2D eigenvalue weighted by atomic mass is 35.5. The number of rotatable bonds is 9. The number of nitro benzene ring substituents is 1. The van der Waals surface area contributed by atoms with E-state index in [-0.39, 0.29) is 29.5 Å². The Labute approximate surface area is 211 Å². The van der Waals surface area contributed by atoms with Crippen LogP contribution in [0.4, 0.5) is 11.4 Å². The first kappa shape index (κ1) is 24.6. The maximum atomic E-state index is 12.7. The lowest BCUT2D eigenvalue weighted by molar-refractivity contribution is -0.384. The van der Waals surface area contributed by atoms with Gasteiger partial charge in [0.05, 0.1) is 23.8 Å². The van der Waals surface area contributed by atoms with Gasteiger partial charge in [-0.25, -0.2) is 4.68 Å². The first-order chi connectivity index (χ1) is 17.3. The molecule has 4 rings (SSSR count). The minimum absolute atomic E-state index is 0.0783. The second-order valence-electron chi connectivity index (χ2n) is 7.63. The molecule has 1 amide bonds. The van der Waals surface area contributed by atoms with Gasteiger partial charge in [-0.2, -0.15) is 5.10 Å². The van der Waals surface area contributed by atoms with Crippen LogP contribution in [0, 0.1) is 17.0 Å². The zero-order valence-electron chi connectivity index (χ0n) is 19.3. The predicted molar refractivity (Wildman–Crippen MR) is 133 cm³/mol. The Hall–Kier alpha value is -4.57. The van der Waals surface area contributed by atoms with Gasteiger partial charge >= 0.3 is 0 Å². The van der Waals surface area contributed by atoms with Crippen LogP contribution < -0.4 is 19.5 Å². The number of aryl methyl sites for hydroxylation is 1. The molecular formula is C25H21ClN4O6. The third-order valence-corrected chi connectivity index (χ3v) is 5.45. The van der Waals surface area contributed by atoms with Crippen molar-refractivity contribution in [2.75, 3.05) is 12.4 Å². The van der Waals surface area contributed by atoms with Crippen LogP contribution in [-0.4, -0.2) is 27.7 Å². The van der Waals surface area contributed by atoms with Crippen LogP contribution in [-0.2, 0) is 6.73 Å².